The first-order chi connectivity index (χ1) is 18.7. The van der Waals surface area contributed by atoms with Crippen LogP contribution in [-0.4, -0.2) is 44.0 Å². The van der Waals surface area contributed by atoms with Gasteiger partial charge in [-0.3, -0.25) is 9.69 Å². The lowest BCUT2D eigenvalue weighted by Gasteiger charge is -2.26. The number of nitrogens with zero attached hydrogens (tertiary/aromatic N) is 1. The number of piperidine rings is 1. The Morgan fingerprint density at radius 2 is 1.71 bits per heavy atom. The summed E-state index contributed by atoms with van der Waals surface area (Å²) >= 11 is 0. The Morgan fingerprint density at radius 3 is 2.47 bits per heavy atom. The number of methoxy groups -OCH3 is 1. The third-order valence-electron chi connectivity index (χ3n) is 7.33. The van der Waals surface area contributed by atoms with Crippen LogP contribution in [-0.2, 0) is 6.42 Å². The fraction of sp³-hybridized carbons (Fsp3) is 0.281. The number of furan rings is 1. The highest BCUT2D eigenvalue weighted by Gasteiger charge is 2.25. The third kappa shape index (κ3) is 4.92. The number of allylic oxidation sites excluding steroid dienone is 1. The number of ether oxygens (including phenoxy) is 3. The van der Waals surface area contributed by atoms with Crippen LogP contribution in [0.15, 0.2) is 77.4 Å². The summed E-state index contributed by atoms with van der Waals surface area (Å²) in [6.07, 6.45) is 8.28. The van der Waals surface area contributed by atoms with Gasteiger partial charge in [-0.25, -0.2) is 0 Å². The fourth-order valence-electron chi connectivity index (χ4n) is 5.25. The van der Waals surface area contributed by atoms with E-state index < -0.39 is 0 Å². The van der Waals surface area contributed by atoms with Crippen LogP contribution in [0.25, 0.3) is 22.1 Å². The van der Waals surface area contributed by atoms with E-state index in [0.29, 0.717) is 23.5 Å². The predicted molar refractivity (Wildman–Crippen MR) is 147 cm³/mol. The Bertz CT molecular complexity index is 1460. The number of fused-ring (bicyclic) bond motifs is 2. The average Bonchev–Trinajstić information content (AvgIpc) is 3.34. The van der Waals surface area contributed by atoms with Gasteiger partial charge in [0.1, 0.15) is 29.4 Å². The molecule has 0 radical (unpaired) electrons. The number of hydrogen-bond donors (Lipinski definition) is 0. The van der Waals surface area contributed by atoms with E-state index in [0.717, 1.165) is 65.4 Å². The minimum atomic E-state index is -0.177. The second-order valence-electron chi connectivity index (χ2n) is 9.79. The molecule has 3 heterocycles. The predicted octanol–water partition coefficient (Wildman–Crippen LogP) is 6.65. The van der Waals surface area contributed by atoms with E-state index in [1.54, 1.807) is 13.4 Å². The Morgan fingerprint density at radius 1 is 0.947 bits per heavy atom. The van der Waals surface area contributed by atoms with Gasteiger partial charge in [-0.05, 0) is 92.0 Å². The second kappa shape index (κ2) is 10.8. The zero-order valence-electron chi connectivity index (χ0n) is 21.6. The van der Waals surface area contributed by atoms with E-state index in [9.17, 15) is 4.79 Å². The van der Waals surface area contributed by atoms with Crippen LogP contribution in [0.2, 0.25) is 0 Å². The lowest BCUT2D eigenvalue weighted by molar-refractivity contribution is 0.101. The molecule has 2 aliphatic rings. The quantitative estimate of drug-likeness (QED) is 0.248. The Hall–Kier alpha value is -4.03. The highest BCUT2D eigenvalue weighted by atomic mass is 16.5. The van der Waals surface area contributed by atoms with Crippen LogP contribution in [0.1, 0.15) is 40.9 Å². The molecule has 2 aliphatic heterocycles. The number of benzene rings is 3. The summed E-state index contributed by atoms with van der Waals surface area (Å²) in [7, 11) is 1.64. The Balaban J connectivity index is 1.29. The Labute approximate surface area is 222 Å². The summed E-state index contributed by atoms with van der Waals surface area (Å²) in [5.74, 6) is 2.39. The molecule has 0 N–H and O–H groups in total. The van der Waals surface area contributed by atoms with Crippen molar-refractivity contribution < 1.29 is 23.4 Å². The molecule has 0 atom stereocenters. The van der Waals surface area contributed by atoms with Gasteiger partial charge in [-0.2, -0.15) is 0 Å². The number of carbonyl (C=O) groups excluding carboxylic acids is 1. The maximum absolute atomic E-state index is 13.8. The first-order valence-electron chi connectivity index (χ1n) is 13.2. The summed E-state index contributed by atoms with van der Waals surface area (Å²) in [6, 6.07) is 19.0. The van der Waals surface area contributed by atoms with Crippen molar-refractivity contribution in [3.8, 4) is 28.4 Å². The van der Waals surface area contributed by atoms with Gasteiger partial charge in [0, 0.05) is 29.1 Å². The average molecular weight is 510 g/mol. The van der Waals surface area contributed by atoms with Crippen LogP contribution in [0.3, 0.4) is 0 Å². The lowest BCUT2D eigenvalue weighted by atomic mass is 9.96. The van der Waals surface area contributed by atoms with E-state index in [-0.39, 0.29) is 5.78 Å². The Kier molecular flexibility index (Phi) is 6.88. The van der Waals surface area contributed by atoms with Crippen molar-refractivity contribution in [3.05, 3.63) is 89.9 Å². The summed E-state index contributed by atoms with van der Waals surface area (Å²) in [5.41, 5.74) is 3.88. The van der Waals surface area contributed by atoms with Crippen LogP contribution in [0, 0.1) is 0 Å². The number of ketones is 1. The van der Waals surface area contributed by atoms with Gasteiger partial charge < -0.3 is 18.6 Å². The van der Waals surface area contributed by atoms with Gasteiger partial charge in [0.05, 0.1) is 13.4 Å². The van der Waals surface area contributed by atoms with Crippen molar-refractivity contribution >= 4 is 16.8 Å². The van der Waals surface area contributed by atoms with Crippen LogP contribution >= 0.6 is 0 Å². The minimum absolute atomic E-state index is 0.177. The molecule has 6 nitrogen and oxygen atoms in total. The van der Waals surface area contributed by atoms with E-state index in [2.05, 4.69) is 11.0 Å². The van der Waals surface area contributed by atoms with Gasteiger partial charge in [0.2, 0.25) is 5.78 Å². The van der Waals surface area contributed by atoms with E-state index in [1.165, 1.54) is 19.3 Å². The molecule has 0 spiro atoms. The van der Waals surface area contributed by atoms with Gasteiger partial charge in [-0.1, -0.05) is 18.6 Å². The molecule has 38 heavy (non-hydrogen) atoms. The molecule has 0 saturated carbocycles. The molecule has 1 aromatic heterocycles. The highest BCUT2D eigenvalue weighted by molar-refractivity contribution is 6.16. The molecule has 194 valence electrons. The molecule has 1 saturated heterocycles. The van der Waals surface area contributed by atoms with Crippen molar-refractivity contribution in [3.63, 3.8) is 0 Å². The van der Waals surface area contributed by atoms with E-state index in [4.69, 9.17) is 18.6 Å². The maximum Gasteiger partial charge on any atom is 0.228 e. The van der Waals surface area contributed by atoms with E-state index >= 15 is 0 Å². The van der Waals surface area contributed by atoms with Crippen LogP contribution in [0.5, 0.6) is 17.2 Å². The molecule has 4 aromatic rings. The van der Waals surface area contributed by atoms with Crippen molar-refractivity contribution in [2.75, 3.05) is 33.4 Å². The number of carbonyl (C=O) groups is 1. The maximum atomic E-state index is 13.8. The normalized spacial score (nSPS) is 15.2. The second-order valence-corrected chi connectivity index (χ2v) is 9.79. The van der Waals surface area contributed by atoms with Crippen LogP contribution < -0.4 is 14.2 Å². The molecule has 3 aromatic carbocycles. The third-order valence-corrected chi connectivity index (χ3v) is 7.33. The molecular formula is C32H31NO5. The first kappa shape index (κ1) is 24.3. The molecule has 0 aliphatic carbocycles. The van der Waals surface area contributed by atoms with Crippen LogP contribution in [0.4, 0.5) is 0 Å². The zero-order valence-corrected chi connectivity index (χ0v) is 21.6. The molecule has 1 fully saturated rings. The summed E-state index contributed by atoms with van der Waals surface area (Å²) in [6.45, 7) is 3.86. The van der Waals surface area contributed by atoms with Gasteiger partial charge in [0.25, 0.3) is 0 Å². The lowest BCUT2D eigenvalue weighted by Crippen LogP contribution is -2.33. The molecular weight excluding hydrogens is 478 g/mol. The van der Waals surface area contributed by atoms with Gasteiger partial charge in [0.15, 0.2) is 5.76 Å². The molecule has 6 rings (SSSR count). The number of rotatable bonds is 8. The molecule has 0 amide bonds. The van der Waals surface area contributed by atoms with Gasteiger partial charge in [-0.15, -0.1) is 0 Å². The summed E-state index contributed by atoms with van der Waals surface area (Å²) < 4.78 is 23.2. The molecule has 0 bridgehead atoms. The molecule has 0 unspecified atom stereocenters. The zero-order chi connectivity index (χ0) is 25.9. The first-order valence-corrected chi connectivity index (χ1v) is 13.2. The van der Waals surface area contributed by atoms with Crippen molar-refractivity contribution in [1.29, 1.82) is 0 Å². The standard InChI is InChI=1S/C32H31NO5/c1-35-25-11-7-22(8-12-25)30-27-20-24-6-5-18-37-28(24)21-29(27)38-32(30)31(34)23-9-13-26(14-10-23)36-19-17-33-15-3-2-4-16-33/h5,7-14,18,20-21H,2-4,6,15-17,19H2,1H3. The minimum Gasteiger partial charge on any atom is -0.497 e. The largest absolute Gasteiger partial charge is 0.497 e. The number of likely N-dealkylation sites (tertiary alicyclic amines) is 1. The van der Waals surface area contributed by atoms with Gasteiger partial charge >= 0.3 is 0 Å². The fourth-order valence-corrected chi connectivity index (χ4v) is 5.25. The van der Waals surface area contributed by atoms with E-state index in [1.807, 2.05) is 60.7 Å². The topological polar surface area (TPSA) is 61.1 Å². The highest BCUT2D eigenvalue weighted by Crippen LogP contribution is 2.40. The summed E-state index contributed by atoms with van der Waals surface area (Å²) in [5, 5.41) is 0.883. The van der Waals surface area contributed by atoms with Crippen molar-refractivity contribution in [2.24, 2.45) is 0 Å². The smallest absolute Gasteiger partial charge is 0.228 e. The molecule has 6 heteroatoms. The SMILES string of the molecule is COc1ccc(-c2c(C(=O)c3ccc(OCCN4CCCCC4)cc3)oc3cc4c(cc23)CC=CO4)cc1. The monoisotopic (exact) mass is 509 g/mol. The van der Waals surface area contributed by atoms with Crippen molar-refractivity contribution in [2.45, 2.75) is 25.7 Å². The van der Waals surface area contributed by atoms with Crippen molar-refractivity contribution in [1.82, 2.24) is 4.90 Å². The summed E-state index contributed by atoms with van der Waals surface area (Å²) in [4.78, 5) is 16.2. The number of hydrogen-bond acceptors (Lipinski definition) is 6.